The number of aromatic carboxylic acids is 1. The van der Waals surface area contributed by atoms with Crippen molar-refractivity contribution in [3.8, 4) is 0 Å². The number of hydrogen-bond acceptors (Lipinski definition) is 5. The van der Waals surface area contributed by atoms with Crippen LogP contribution in [0, 0.1) is 0 Å². The molecule has 0 bridgehead atoms. The van der Waals surface area contributed by atoms with E-state index in [1.807, 2.05) is 18.2 Å². The largest absolute Gasteiger partial charge is 0.478 e. The number of aryl methyl sites for hydroxylation is 1. The molecule has 0 fully saturated rings. The number of benzene rings is 2. The highest BCUT2D eigenvalue weighted by Gasteiger charge is 2.13. The van der Waals surface area contributed by atoms with Gasteiger partial charge in [0.05, 0.1) is 5.56 Å². The van der Waals surface area contributed by atoms with Gasteiger partial charge in [-0.2, -0.15) is 0 Å². The Morgan fingerprint density at radius 2 is 1.95 bits per heavy atom. The summed E-state index contributed by atoms with van der Waals surface area (Å²) in [4.78, 5) is 12.2. The molecule has 1 N–H and O–H groups in total. The lowest BCUT2D eigenvalue weighted by Crippen LogP contribution is -1.98. The predicted octanol–water partition coefficient (Wildman–Crippen LogP) is 2.21. The second kappa shape index (κ2) is 4.93. The van der Waals surface area contributed by atoms with E-state index >= 15 is 0 Å². The third-order valence-corrected chi connectivity index (χ3v) is 4.00. The molecule has 3 rings (SSSR count). The van der Waals surface area contributed by atoms with Gasteiger partial charge in [0, 0.05) is 11.9 Å². The number of nitrogens with zero attached hydrogens (tertiary/aromatic N) is 4. The third-order valence-electron chi connectivity index (χ3n) is 2.90. The zero-order chi connectivity index (χ0) is 14.1. The molecule has 1 aromatic heterocycles. The molecule has 0 atom stereocenters. The molecule has 7 heteroatoms. The smallest absolute Gasteiger partial charge is 0.336 e. The lowest BCUT2D eigenvalue weighted by atomic mass is 10.0. The third kappa shape index (κ3) is 2.12. The number of rotatable bonds is 3. The maximum Gasteiger partial charge on any atom is 0.336 e. The number of fused-ring (bicyclic) bond motifs is 1. The van der Waals surface area contributed by atoms with Gasteiger partial charge in [-0.1, -0.05) is 24.3 Å². The van der Waals surface area contributed by atoms with Crippen molar-refractivity contribution in [1.29, 1.82) is 0 Å². The Balaban J connectivity index is 2.15. The normalized spacial score (nSPS) is 10.8. The molecule has 3 aromatic rings. The molecule has 0 unspecified atom stereocenters. The van der Waals surface area contributed by atoms with Gasteiger partial charge in [0.25, 0.3) is 0 Å². The number of aromatic nitrogens is 4. The molecular formula is C13H10N4O2S. The van der Waals surface area contributed by atoms with Gasteiger partial charge in [0.1, 0.15) is 0 Å². The molecule has 2 aromatic carbocycles. The number of carboxylic acids is 1. The standard InChI is InChI=1S/C13H10N4O2S/c1-17-13(14-15-16-17)20-11-7-6-10(12(18)19)8-4-2-3-5-9(8)11/h2-7H,1H3,(H,18,19). The van der Waals surface area contributed by atoms with Crippen LogP contribution in [-0.4, -0.2) is 31.3 Å². The van der Waals surface area contributed by atoms with E-state index in [2.05, 4.69) is 15.5 Å². The van der Waals surface area contributed by atoms with E-state index in [9.17, 15) is 9.90 Å². The second-order valence-corrected chi connectivity index (χ2v) is 5.16. The lowest BCUT2D eigenvalue weighted by Gasteiger charge is -2.07. The summed E-state index contributed by atoms with van der Waals surface area (Å²) in [5, 5.41) is 22.8. The number of carboxylic acid groups (broad SMARTS) is 1. The van der Waals surface area contributed by atoms with Gasteiger partial charge < -0.3 is 5.11 Å². The van der Waals surface area contributed by atoms with E-state index < -0.39 is 5.97 Å². The average molecular weight is 286 g/mol. The fraction of sp³-hybridized carbons (Fsp3) is 0.0769. The molecule has 0 aliphatic carbocycles. The zero-order valence-electron chi connectivity index (χ0n) is 10.5. The van der Waals surface area contributed by atoms with Crippen molar-refractivity contribution < 1.29 is 9.90 Å². The van der Waals surface area contributed by atoms with Gasteiger partial charge in [-0.05, 0) is 45.1 Å². The lowest BCUT2D eigenvalue weighted by molar-refractivity contribution is 0.0699. The number of hydrogen-bond donors (Lipinski definition) is 1. The summed E-state index contributed by atoms with van der Waals surface area (Å²) < 4.78 is 1.57. The van der Waals surface area contributed by atoms with Gasteiger partial charge in [0.2, 0.25) is 5.16 Å². The van der Waals surface area contributed by atoms with Crippen LogP contribution in [-0.2, 0) is 7.05 Å². The Morgan fingerprint density at radius 1 is 1.20 bits per heavy atom. The van der Waals surface area contributed by atoms with Crippen LogP contribution in [0.1, 0.15) is 10.4 Å². The van der Waals surface area contributed by atoms with Crippen molar-refractivity contribution in [3.63, 3.8) is 0 Å². The van der Waals surface area contributed by atoms with E-state index in [4.69, 9.17) is 0 Å². The van der Waals surface area contributed by atoms with Crippen LogP contribution in [0.15, 0.2) is 46.5 Å². The molecule has 0 radical (unpaired) electrons. The van der Waals surface area contributed by atoms with Crippen LogP contribution in [0.2, 0.25) is 0 Å². The minimum absolute atomic E-state index is 0.293. The highest BCUT2D eigenvalue weighted by atomic mass is 32.2. The molecular weight excluding hydrogens is 276 g/mol. The Bertz CT molecular complexity index is 800. The van der Waals surface area contributed by atoms with Gasteiger partial charge in [-0.25, -0.2) is 9.48 Å². The average Bonchev–Trinajstić information content (AvgIpc) is 2.84. The number of carbonyl (C=O) groups is 1. The molecule has 100 valence electrons. The van der Waals surface area contributed by atoms with Crippen molar-refractivity contribution >= 4 is 28.5 Å². The monoisotopic (exact) mass is 286 g/mol. The molecule has 20 heavy (non-hydrogen) atoms. The SMILES string of the molecule is Cn1nnnc1Sc1ccc(C(=O)O)c2ccccc12. The van der Waals surface area contributed by atoms with E-state index in [0.29, 0.717) is 16.1 Å². The summed E-state index contributed by atoms with van der Waals surface area (Å²) in [6, 6.07) is 10.8. The fourth-order valence-corrected chi connectivity index (χ4v) is 2.82. The summed E-state index contributed by atoms with van der Waals surface area (Å²) in [7, 11) is 1.76. The quantitative estimate of drug-likeness (QED) is 0.795. The fourth-order valence-electron chi connectivity index (χ4n) is 1.95. The van der Waals surface area contributed by atoms with Crippen molar-refractivity contribution in [2.24, 2.45) is 7.05 Å². The molecule has 0 aliphatic rings. The van der Waals surface area contributed by atoms with Crippen LogP contribution in [0.3, 0.4) is 0 Å². The molecule has 0 spiro atoms. The Morgan fingerprint density at radius 3 is 2.60 bits per heavy atom. The first kappa shape index (κ1) is 12.6. The predicted molar refractivity (Wildman–Crippen MR) is 73.8 cm³/mol. The summed E-state index contributed by atoms with van der Waals surface area (Å²) in [6.07, 6.45) is 0. The van der Waals surface area contributed by atoms with Crippen LogP contribution in [0.4, 0.5) is 0 Å². The summed E-state index contributed by atoms with van der Waals surface area (Å²) in [5.74, 6) is -0.932. The highest BCUT2D eigenvalue weighted by Crippen LogP contribution is 2.33. The van der Waals surface area contributed by atoms with Crippen LogP contribution >= 0.6 is 11.8 Å². The van der Waals surface area contributed by atoms with E-state index in [1.165, 1.54) is 11.8 Å². The minimum atomic E-state index is -0.932. The first-order chi connectivity index (χ1) is 9.66. The maximum absolute atomic E-state index is 11.3. The van der Waals surface area contributed by atoms with Gasteiger partial charge in [0.15, 0.2) is 0 Å². The topological polar surface area (TPSA) is 80.9 Å². The molecule has 0 saturated heterocycles. The Kier molecular flexibility index (Phi) is 3.11. The molecule has 1 heterocycles. The Labute approximate surface area is 118 Å². The molecule has 0 amide bonds. The van der Waals surface area contributed by atoms with Crippen LogP contribution < -0.4 is 0 Å². The zero-order valence-corrected chi connectivity index (χ0v) is 11.3. The van der Waals surface area contributed by atoms with Crippen molar-refractivity contribution in [1.82, 2.24) is 20.2 Å². The summed E-state index contributed by atoms with van der Waals surface area (Å²) in [5.41, 5.74) is 0.293. The minimum Gasteiger partial charge on any atom is -0.478 e. The Hall–Kier alpha value is -2.41. The second-order valence-electron chi connectivity index (χ2n) is 4.15. The van der Waals surface area contributed by atoms with Crippen molar-refractivity contribution in [3.05, 3.63) is 42.0 Å². The van der Waals surface area contributed by atoms with Gasteiger partial charge >= 0.3 is 5.97 Å². The maximum atomic E-state index is 11.3. The van der Waals surface area contributed by atoms with Gasteiger partial charge in [-0.3, -0.25) is 0 Å². The first-order valence-corrected chi connectivity index (χ1v) is 6.63. The van der Waals surface area contributed by atoms with E-state index in [-0.39, 0.29) is 0 Å². The first-order valence-electron chi connectivity index (χ1n) is 5.82. The van der Waals surface area contributed by atoms with Gasteiger partial charge in [-0.15, -0.1) is 5.10 Å². The summed E-state index contributed by atoms with van der Waals surface area (Å²) >= 11 is 1.40. The van der Waals surface area contributed by atoms with Crippen molar-refractivity contribution in [2.45, 2.75) is 10.1 Å². The van der Waals surface area contributed by atoms with Crippen molar-refractivity contribution in [2.75, 3.05) is 0 Å². The van der Waals surface area contributed by atoms with Crippen LogP contribution in [0.5, 0.6) is 0 Å². The van der Waals surface area contributed by atoms with E-state index in [1.54, 1.807) is 29.9 Å². The molecule has 6 nitrogen and oxygen atoms in total. The summed E-state index contributed by atoms with van der Waals surface area (Å²) in [6.45, 7) is 0. The highest BCUT2D eigenvalue weighted by molar-refractivity contribution is 7.99. The molecule has 0 aliphatic heterocycles. The van der Waals surface area contributed by atoms with E-state index in [0.717, 1.165) is 10.3 Å². The van der Waals surface area contributed by atoms with Crippen LogP contribution in [0.25, 0.3) is 10.8 Å². The molecule has 0 saturated carbocycles. The number of tetrazole rings is 1.